The molecule has 1 N–H and O–H groups in total. The monoisotopic (exact) mass is 336 g/mol. The van der Waals surface area contributed by atoms with Crippen LogP contribution in [0.1, 0.15) is 28.1 Å². The third kappa shape index (κ3) is 3.07. The molecule has 1 aliphatic carbocycles. The number of thiazole rings is 1. The number of benzene rings is 1. The molecular formula is C15H17BrN2S. The van der Waals surface area contributed by atoms with Crippen LogP contribution in [0.3, 0.4) is 0 Å². The van der Waals surface area contributed by atoms with Crippen LogP contribution >= 0.6 is 27.3 Å². The van der Waals surface area contributed by atoms with Crippen molar-refractivity contribution in [3.63, 3.8) is 0 Å². The van der Waals surface area contributed by atoms with Crippen LogP contribution in [0, 0.1) is 6.92 Å². The third-order valence-corrected chi connectivity index (χ3v) is 5.22. The van der Waals surface area contributed by atoms with E-state index in [1.807, 2.05) is 5.51 Å². The number of nitrogens with one attached hydrogen (secondary N) is 1. The van der Waals surface area contributed by atoms with E-state index in [-0.39, 0.29) is 0 Å². The van der Waals surface area contributed by atoms with E-state index >= 15 is 0 Å². The molecule has 1 unspecified atom stereocenters. The van der Waals surface area contributed by atoms with Gasteiger partial charge in [0, 0.05) is 21.9 Å². The quantitative estimate of drug-likeness (QED) is 0.920. The zero-order valence-corrected chi connectivity index (χ0v) is 13.4. The number of fused-ring (bicyclic) bond motifs is 1. The Morgan fingerprint density at radius 2 is 2.32 bits per heavy atom. The van der Waals surface area contributed by atoms with Crippen LogP contribution in [0.25, 0.3) is 0 Å². The van der Waals surface area contributed by atoms with Gasteiger partial charge in [0.2, 0.25) is 0 Å². The standard InChI is InChI=1S/C15H17BrN2S/c1-10-15(19-9-18-10)8-17-14-5-3-11-6-13(16)4-2-12(11)7-14/h2,4,6,9,14,17H,3,5,7-8H2,1H3. The maximum Gasteiger partial charge on any atom is 0.0798 e. The SMILES string of the molecule is Cc1ncsc1CNC1CCc2cc(Br)ccc2C1. The van der Waals surface area contributed by atoms with Crippen LogP contribution < -0.4 is 5.32 Å². The van der Waals surface area contributed by atoms with E-state index in [2.05, 4.69) is 51.4 Å². The number of rotatable bonds is 3. The summed E-state index contributed by atoms with van der Waals surface area (Å²) in [5, 5.41) is 3.68. The molecule has 100 valence electrons. The van der Waals surface area contributed by atoms with Crippen molar-refractivity contribution in [2.75, 3.05) is 0 Å². The highest BCUT2D eigenvalue weighted by atomic mass is 79.9. The summed E-state index contributed by atoms with van der Waals surface area (Å²) < 4.78 is 1.19. The lowest BCUT2D eigenvalue weighted by atomic mass is 9.88. The van der Waals surface area contributed by atoms with Gasteiger partial charge in [0.05, 0.1) is 11.2 Å². The van der Waals surface area contributed by atoms with E-state index in [0.29, 0.717) is 6.04 Å². The predicted molar refractivity (Wildman–Crippen MR) is 83.6 cm³/mol. The maximum atomic E-state index is 4.30. The summed E-state index contributed by atoms with van der Waals surface area (Å²) >= 11 is 5.30. The highest BCUT2D eigenvalue weighted by molar-refractivity contribution is 9.10. The molecule has 0 spiro atoms. The van der Waals surface area contributed by atoms with E-state index < -0.39 is 0 Å². The molecule has 2 aromatic rings. The zero-order chi connectivity index (χ0) is 13.2. The highest BCUT2D eigenvalue weighted by Crippen LogP contribution is 2.25. The Morgan fingerprint density at radius 3 is 3.11 bits per heavy atom. The largest absolute Gasteiger partial charge is 0.309 e. The van der Waals surface area contributed by atoms with Gasteiger partial charge in [-0.15, -0.1) is 11.3 Å². The summed E-state index contributed by atoms with van der Waals surface area (Å²) in [7, 11) is 0. The van der Waals surface area contributed by atoms with E-state index in [9.17, 15) is 0 Å². The number of aryl methyl sites for hydroxylation is 2. The van der Waals surface area contributed by atoms with Gasteiger partial charge in [0.1, 0.15) is 0 Å². The van der Waals surface area contributed by atoms with Crippen molar-refractivity contribution in [1.82, 2.24) is 10.3 Å². The minimum Gasteiger partial charge on any atom is -0.309 e. The lowest BCUT2D eigenvalue weighted by Crippen LogP contribution is -2.34. The second-order valence-corrected chi connectivity index (χ2v) is 6.95. The van der Waals surface area contributed by atoms with Gasteiger partial charge in [0.25, 0.3) is 0 Å². The number of hydrogen-bond acceptors (Lipinski definition) is 3. The first-order chi connectivity index (χ1) is 9.22. The minimum absolute atomic E-state index is 0.593. The summed E-state index contributed by atoms with van der Waals surface area (Å²) in [6, 6.07) is 7.26. The van der Waals surface area contributed by atoms with Crippen molar-refractivity contribution in [3.05, 3.63) is 49.9 Å². The summed E-state index contributed by atoms with van der Waals surface area (Å²) in [5.74, 6) is 0. The van der Waals surface area contributed by atoms with Crippen molar-refractivity contribution in [3.8, 4) is 0 Å². The minimum atomic E-state index is 0.593. The molecule has 3 rings (SSSR count). The Kier molecular flexibility index (Phi) is 4.01. The zero-order valence-electron chi connectivity index (χ0n) is 10.9. The first-order valence-electron chi connectivity index (χ1n) is 6.62. The fraction of sp³-hybridized carbons (Fsp3) is 0.400. The molecule has 0 saturated heterocycles. The molecule has 0 radical (unpaired) electrons. The molecule has 0 amide bonds. The molecule has 4 heteroatoms. The average molecular weight is 337 g/mol. The van der Waals surface area contributed by atoms with Crippen LogP contribution in [0.15, 0.2) is 28.2 Å². The van der Waals surface area contributed by atoms with E-state index in [1.54, 1.807) is 11.3 Å². The van der Waals surface area contributed by atoms with Crippen LogP contribution in [0.4, 0.5) is 0 Å². The van der Waals surface area contributed by atoms with E-state index in [4.69, 9.17) is 0 Å². The number of halogens is 1. The lowest BCUT2D eigenvalue weighted by molar-refractivity contribution is 0.459. The second kappa shape index (κ2) is 5.73. The molecule has 0 aliphatic heterocycles. The van der Waals surface area contributed by atoms with E-state index in [0.717, 1.165) is 18.7 Å². The Balaban J connectivity index is 1.63. The molecule has 2 nitrogen and oxygen atoms in total. The smallest absolute Gasteiger partial charge is 0.0798 e. The average Bonchev–Trinajstić information content (AvgIpc) is 2.82. The molecule has 19 heavy (non-hydrogen) atoms. The molecule has 1 aromatic carbocycles. The van der Waals surface area contributed by atoms with E-state index in [1.165, 1.54) is 33.3 Å². The first kappa shape index (κ1) is 13.3. The van der Waals surface area contributed by atoms with Crippen LogP contribution in [-0.2, 0) is 19.4 Å². The molecule has 0 fully saturated rings. The number of aromatic nitrogens is 1. The lowest BCUT2D eigenvalue weighted by Gasteiger charge is -2.25. The van der Waals surface area contributed by atoms with Crippen molar-refractivity contribution in [1.29, 1.82) is 0 Å². The highest BCUT2D eigenvalue weighted by Gasteiger charge is 2.18. The van der Waals surface area contributed by atoms with Gasteiger partial charge in [-0.2, -0.15) is 0 Å². The molecular weight excluding hydrogens is 320 g/mol. The normalized spacial score (nSPS) is 18.3. The molecule has 1 atom stereocenters. The Bertz CT molecular complexity index is 579. The summed E-state index contributed by atoms with van der Waals surface area (Å²) in [4.78, 5) is 5.66. The Labute approximate surface area is 126 Å². The fourth-order valence-electron chi connectivity index (χ4n) is 2.63. The van der Waals surface area contributed by atoms with Crippen molar-refractivity contribution >= 4 is 27.3 Å². The molecule has 1 heterocycles. The van der Waals surface area contributed by atoms with Gasteiger partial charge in [-0.1, -0.05) is 22.0 Å². The summed E-state index contributed by atoms with van der Waals surface area (Å²) in [6.45, 7) is 3.04. The van der Waals surface area contributed by atoms with Crippen LogP contribution in [-0.4, -0.2) is 11.0 Å². The van der Waals surface area contributed by atoms with Crippen molar-refractivity contribution in [2.45, 2.75) is 38.8 Å². The first-order valence-corrected chi connectivity index (χ1v) is 8.29. The van der Waals surface area contributed by atoms with Gasteiger partial charge in [-0.25, -0.2) is 4.98 Å². The molecule has 1 aliphatic rings. The maximum absolute atomic E-state index is 4.30. The Hall–Kier alpha value is -0.710. The topological polar surface area (TPSA) is 24.9 Å². The number of nitrogens with zero attached hydrogens (tertiary/aromatic N) is 1. The molecule has 0 bridgehead atoms. The summed E-state index contributed by atoms with van der Waals surface area (Å²) in [6.07, 6.45) is 3.54. The predicted octanol–water partition coefficient (Wildman–Crippen LogP) is 3.86. The van der Waals surface area contributed by atoms with Gasteiger partial charge < -0.3 is 5.32 Å². The third-order valence-electron chi connectivity index (χ3n) is 3.79. The Morgan fingerprint density at radius 1 is 1.42 bits per heavy atom. The summed E-state index contributed by atoms with van der Waals surface area (Å²) in [5.41, 5.74) is 6.09. The van der Waals surface area contributed by atoms with Crippen molar-refractivity contribution < 1.29 is 0 Å². The number of hydrogen-bond donors (Lipinski definition) is 1. The van der Waals surface area contributed by atoms with Crippen LogP contribution in [0.5, 0.6) is 0 Å². The fourth-order valence-corrected chi connectivity index (χ4v) is 3.77. The second-order valence-electron chi connectivity index (χ2n) is 5.09. The van der Waals surface area contributed by atoms with Crippen molar-refractivity contribution in [2.24, 2.45) is 0 Å². The van der Waals surface area contributed by atoms with Gasteiger partial charge in [-0.3, -0.25) is 0 Å². The van der Waals surface area contributed by atoms with Gasteiger partial charge >= 0.3 is 0 Å². The van der Waals surface area contributed by atoms with Crippen LogP contribution in [0.2, 0.25) is 0 Å². The van der Waals surface area contributed by atoms with Gasteiger partial charge in [0.15, 0.2) is 0 Å². The molecule has 0 saturated carbocycles. The van der Waals surface area contributed by atoms with Gasteiger partial charge in [-0.05, 0) is 49.4 Å². The molecule has 1 aromatic heterocycles.